The van der Waals surface area contributed by atoms with Crippen molar-refractivity contribution in [1.29, 1.82) is 0 Å². The Balaban J connectivity index is 1.63. The Bertz CT molecular complexity index is 1330. The summed E-state index contributed by atoms with van der Waals surface area (Å²) < 4.78 is 10.6. The minimum absolute atomic E-state index is 0.0895. The van der Waals surface area contributed by atoms with Gasteiger partial charge in [-0.3, -0.25) is 10.1 Å². The fourth-order valence-electron chi connectivity index (χ4n) is 3.09. The van der Waals surface area contributed by atoms with E-state index < -0.39 is 10.9 Å². The molecule has 7 heteroatoms. The number of benzene rings is 3. The number of fused-ring (bicyclic) bond motifs is 1. The molecule has 31 heavy (non-hydrogen) atoms. The van der Waals surface area contributed by atoms with E-state index in [2.05, 4.69) is 24.0 Å². The van der Waals surface area contributed by atoms with Crippen LogP contribution in [0.1, 0.15) is 5.56 Å². The molecule has 0 aliphatic heterocycles. The molecule has 0 unspecified atom stereocenters. The molecule has 0 aliphatic rings. The molecule has 0 N–H and O–H groups in total. The minimum atomic E-state index is -0.775. The third-order valence-electron chi connectivity index (χ3n) is 4.55. The molecular weight excluding hydrogens is 414 g/mol. The molecule has 0 aliphatic carbocycles. The topological polar surface area (TPSA) is 78.7 Å². The van der Waals surface area contributed by atoms with Crippen LogP contribution in [0.15, 0.2) is 72.1 Å². The first-order valence-corrected chi connectivity index (χ1v) is 10.1. The highest BCUT2D eigenvalue weighted by atomic mass is 32.1. The zero-order chi connectivity index (χ0) is 21.8. The summed E-state index contributed by atoms with van der Waals surface area (Å²) in [5.74, 6) is 5.28. The third-order valence-corrected chi connectivity index (χ3v) is 5.47. The van der Waals surface area contributed by atoms with Gasteiger partial charge in [-0.25, -0.2) is 4.79 Å². The Morgan fingerprint density at radius 1 is 1.06 bits per heavy atom. The predicted molar refractivity (Wildman–Crippen MR) is 119 cm³/mol. The lowest BCUT2D eigenvalue weighted by Gasteiger charge is -2.08. The van der Waals surface area contributed by atoms with E-state index in [1.54, 1.807) is 18.4 Å². The van der Waals surface area contributed by atoms with E-state index in [1.807, 2.05) is 35.7 Å². The van der Waals surface area contributed by atoms with Crippen molar-refractivity contribution < 1.29 is 19.2 Å². The largest absolute Gasteiger partial charge is 0.495 e. The fraction of sp³-hybridized carbons (Fsp3) is 0.0417. The lowest BCUT2D eigenvalue weighted by molar-refractivity contribution is -0.384. The second-order valence-corrected chi connectivity index (χ2v) is 7.39. The number of carbonyl (C=O) groups excluding carboxylic acids is 1. The van der Waals surface area contributed by atoms with Gasteiger partial charge in [0.1, 0.15) is 11.5 Å². The standard InChI is InChI=1S/C24H15NO5S/c1-29-22-12-5-16-15-17(23-3-2-14-31-23)4-10-20(16)21(22)11-13-24(26)30-19-8-6-18(7-9-19)25(27)28/h2-10,12,14-15H,1H3. The molecule has 3 aromatic carbocycles. The van der Waals surface area contributed by atoms with Crippen LogP contribution in [0.2, 0.25) is 0 Å². The van der Waals surface area contributed by atoms with E-state index in [4.69, 9.17) is 9.47 Å². The Morgan fingerprint density at radius 2 is 1.87 bits per heavy atom. The molecule has 0 atom stereocenters. The number of nitro groups is 1. The highest BCUT2D eigenvalue weighted by Gasteiger charge is 2.10. The first kappa shape index (κ1) is 20.1. The maximum Gasteiger partial charge on any atom is 0.390 e. The number of esters is 1. The van der Waals surface area contributed by atoms with Crippen molar-refractivity contribution in [3.05, 3.63) is 87.8 Å². The van der Waals surface area contributed by atoms with E-state index in [-0.39, 0.29) is 11.4 Å². The maximum atomic E-state index is 12.2. The van der Waals surface area contributed by atoms with Crippen LogP contribution in [0.4, 0.5) is 5.69 Å². The SMILES string of the molecule is COc1ccc2cc(-c3cccs3)ccc2c1C#CC(=O)Oc1ccc([N+](=O)[O-])cc1. The van der Waals surface area contributed by atoms with E-state index >= 15 is 0 Å². The predicted octanol–water partition coefficient (Wildman–Crippen LogP) is 5.44. The third kappa shape index (κ3) is 4.39. The van der Waals surface area contributed by atoms with Gasteiger partial charge in [-0.1, -0.05) is 30.2 Å². The van der Waals surface area contributed by atoms with Crippen molar-refractivity contribution in [2.45, 2.75) is 0 Å². The molecule has 6 nitrogen and oxygen atoms in total. The van der Waals surface area contributed by atoms with Crippen molar-refractivity contribution in [2.75, 3.05) is 7.11 Å². The number of ether oxygens (including phenoxy) is 2. The summed E-state index contributed by atoms with van der Waals surface area (Å²) in [5.41, 5.74) is 1.59. The Kier molecular flexibility index (Phi) is 5.65. The second-order valence-electron chi connectivity index (χ2n) is 6.45. The lowest BCUT2D eigenvalue weighted by atomic mass is 10.0. The van der Waals surface area contributed by atoms with Gasteiger partial charge in [0.2, 0.25) is 0 Å². The zero-order valence-corrected chi connectivity index (χ0v) is 17.1. The van der Waals surface area contributed by atoms with Crippen molar-refractivity contribution in [1.82, 2.24) is 0 Å². The van der Waals surface area contributed by atoms with E-state index in [1.165, 1.54) is 24.3 Å². The van der Waals surface area contributed by atoms with Crippen LogP contribution in [0.25, 0.3) is 21.2 Å². The Morgan fingerprint density at radius 3 is 2.55 bits per heavy atom. The summed E-state index contributed by atoms with van der Waals surface area (Å²) >= 11 is 1.66. The number of rotatable bonds is 4. The van der Waals surface area contributed by atoms with E-state index in [0.29, 0.717) is 11.3 Å². The summed E-state index contributed by atoms with van der Waals surface area (Å²) in [7, 11) is 1.54. The average molecular weight is 429 g/mol. The van der Waals surface area contributed by atoms with Crippen molar-refractivity contribution >= 4 is 33.8 Å². The summed E-state index contributed by atoms with van der Waals surface area (Å²) in [6, 6.07) is 19.1. The second kappa shape index (κ2) is 8.69. The van der Waals surface area contributed by atoms with Gasteiger partial charge in [-0.05, 0) is 46.7 Å². The van der Waals surface area contributed by atoms with Gasteiger partial charge < -0.3 is 9.47 Å². The van der Waals surface area contributed by atoms with Crippen LogP contribution in [0, 0.1) is 22.0 Å². The van der Waals surface area contributed by atoms with E-state index in [9.17, 15) is 14.9 Å². The van der Waals surface area contributed by atoms with Gasteiger partial charge in [0, 0.05) is 28.3 Å². The van der Waals surface area contributed by atoms with Gasteiger partial charge in [-0.2, -0.15) is 0 Å². The zero-order valence-electron chi connectivity index (χ0n) is 16.3. The maximum absolute atomic E-state index is 12.2. The molecule has 0 amide bonds. The number of hydrogen-bond acceptors (Lipinski definition) is 6. The Hall–Kier alpha value is -4.15. The highest BCUT2D eigenvalue weighted by molar-refractivity contribution is 7.13. The average Bonchev–Trinajstić information content (AvgIpc) is 3.32. The van der Waals surface area contributed by atoms with Crippen LogP contribution in [-0.4, -0.2) is 18.0 Å². The van der Waals surface area contributed by atoms with Gasteiger partial charge in [0.25, 0.3) is 5.69 Å². The smallest absolute Gasteiger partial charge is 0.390 e. The molecule has 0 spiro atoms. The minimum Gasteiger partial charge on any atom is -0.495 e. The number of nitrogens with zero attached hydrogens (tertiary/aromatic N) is 1. The van der Waals surface area contributed by atoms with Crippen molar-refractivity contribution in [2.24, 2.45) is 0 Å². The first-order valence-electron chi connectivity index (χ1n) is 9.18. The molecule has 4 aromatic rings. The van der Waals surface area contributed by atoms with Crippen molar-refractivity contribution in [3.8, 4) is 33.8 Å². The number of non-ortho nitro benzene ring substituents is 1. The molecule has 0 radical (unpaired) electrons. The molecule has 152 valence electrons. The van der Waals surface area contributed by atoms with Gasteiger partial charge in [0.15, 0.2) is 0 Å². The number of hydrogen-bond donors (Lipinski definition) is 0. The summed E-state index contributed by atoms with van der Waals surface area (Å²) in [6.07, 6.45) is 0. The van der Waals surface area contributed by atoms with Crippen LogP contribution in [0.3, 0.4) is 0 Å². The van der Waals surface area contributed by atoms with Crippen LogP contribution in [0.5, 0.6) is 11.5 Å². The molecule has 0 fully saturated rings. The van der Waals surface area contributed by atoms with Crippen LogP contribution >= 0.6 is 11.3 Å². The van der Waals surface area contributed by atoms with Gasteiger partial charge in [0.05, 0.1) is 17.6 Å². The number of thiophene rings is 1. The molecule has 1 heterocycles. The summed E-state index contributed by atoms with van der Waals surface area (Å²) in [6.45, 7) is 0. The highest BCUT2D eigenvalue weighted by Crippen LogP contribution is 2.32. The Labute approximate surface area is 181 Å². The summed E-state index contributed by atoms with van der Waals surface area (Å²) in [5, 5.41) is 14.6. The number of carbonyl (C=O) groups is 1. The normalized spacial score (nSPS) is 10.2. The lowest BCUT2D eigenvalue weighted by Crippen LogP contribution is -2.04. The monoisotopic (exact) mass is 429 g/mol. The fourth-order valence-corrected chi connectivity index (χ4v) is 3.81. The molecule has 4 rings (SSSR count). The molecule has 0 bridgehead atoms. The summed E-state index contributed by atoms with van der Waals surface area (Å²) in [4.78, 5) is 23.5. The quantitative estimate of drug-likeness (QED) is 0.142. The van der Waals surface area contributed by atoms with Gasteiger partial charge >= 0.3 is 5.97 Å². The van der Waals surface area contributed by atoms with Crippen LogP contribution in [-0.2, 0) is 4.79 Å². The van der Waals surface area contributed by atoms with Crippen molar-refractivity contribution in [3.63, 3.8) is 0 Å². The van der Waals surface area contributed by atoms with E-state index in [0.717, 1.165) is 21.2 Å². The van der Waals surface area contributed by atoms with Gasteiger partial charge in [-0.15, -0.1) is 11.3 Å². The number of nitro benzene ring substituents is 1. The van der Waals surface area contributed by atoms with Crippen LogP contribution < -0.4 is 9.47 Å². The first-order chi connectivity index (χ1) is 15.0. The molecule has 0 saturated carbocycles. The number of methoxy groups -OCH3 is 1. The molecule has 0 saturated heterocycles. The molecule has 1 aromatic heterocycles. The molecular formula is C24H15NO5S.